The van der Waals surface area contributed by atoms with Crippen molar-refractivity contribution >= 4 is 5.91 Å². The van der Waals surface area contributed by atoms with Gasteiger partial charge in [-0.2, -0.15) is 0 Å². The summed E-state index contributed by atoms with van der Waals surface area (Å²) in [5.74, 6) is -0.265. The van der Waals surface area contributed by atoms with Crippen LogP contribution in [0, 0.1) is 0 Å². The van der Waals surface area contributed by atoms with Crippen LogP contribution in [0.2, 0.25) is 0 Å². The number of pyridine rings is 1. The van der Waals surface area contributed by atoms with Gasteiger partial charge in [0.25, 0.3) is 5.91 Å². The zero-order valence-electron chi connectivity index (χ0n) is 9.45. The van der Waals surface area contributed by atoms with Crippen LogP contribution in [0.1, 0.15) is 24.2 Å². The topological polar surface area (TPSA) is 71.2 Å². The van der Waals surface area contributed by atoms with E-state index in [0.717, 1.165) is 0 Å². The second-order valence-electron chi connectivity index (χ2n) is 3.48. The number of carbonyl (C=O) groups excluding carboxylic acids is 1. The second kappa shape index (κ2) is 6.07. The van der Waals surface area contributed by atoms with E-state index in [1.54, 1.807) is 6.07 Å². The van der Waals surface area contributed by atoms with Gasteiger partial charge >= 0.3 is 0 Å². The maximum Gasteiger partial charge on any atom is 0.251 e. The zero-order valence-corrected chi connectivity index (χ0v) is 9.45. The Bertz CT molecular complexity index is 400. The molecule has 0 aliphatic carbocycles. The largest absolute Gasteiger partial charge is 0.380 e. The summed E-state index contributed by atoms with van der Waals surface area (Å²) >= 11 is 0. The number of amides is 1. The number of ether oxygens (including phenoxy) is 1. The minimum Gasteiger partial charge on any atom is -0.380 e. The van der Waals surface area contributed by atoms with Crippen LogP contribution in [0.3, 0.4) is 0 Å². The molecule has 0 saturated heterocycles. The van der Waals surface area contributed by atoms with E-state index in [9.17, 15) is 9.59 Å². The van der Waals surface area contributed by atoms with Crippen molar-refractivity contribution in [3.63, 3.8) is 0 Å². The molecule has 1 rings (SSSR count). The highest BCUT2D eigenvalue weighted by Crippen LogP contribution is 1.94. The predicted octanol–water partition coefficient (Wildman–Crippen LogP) is 0.530. The highest BCUT2D eigenvalue weighted by molar-refractivity contribution is 5.94. The molecule has 1 unspecified atom stereocenters. The molecule has 1 aromatic heterocycles. The van der Waals surface area contributed by atoms with Crippen molar-refractivity contribution in [1.29, 1.82) is 0 Å². The minimum absolute atomic E-state index is 0.0771. The molecule has 0 radical (unpaired) electrons. The Labute approximate surface area is 93.8 Å². The summed E-state index contributed by atoms with van der Waals surface area (Å²) in [6.45, 7) is 4.82. The molecule has 5 nitrogen and oxygen atoms in total. The van der Waals surface area contributed by atoms with E-state index in [2.05, 4.69) is 10.3 Å². The maximum absolute atomic E-state index is 11.7. The first-order valence-electron chi connectivity index (χ1n) is 5.21. The molecular weight excluding hydrogens is 208 g/mol. The van der Waals surface area contributed by atoms with Crippen molar-refractivity contribution in [3.05, 3.63) is 34.2 Å². The monoisotopic (exact) mass is 224 g/mol. The molecule has 0 spiro atoms. The number of hydrogen-bond acceptors (Lipinski definition) is 3. The number of aromatic amines is 1. The highest BCUT2D eigenvalue weighted by atomic mass is 16.5. The fraction of sp³-hybridized carbons (Fsp3) is 0.455. The Morgan fingerprint density at radius 2 is 2.38 bits per heavy atom. The fourth-order valence-electron chi connectivity index (χ4n) is 1.23. The van der Waals surface area contributed by atoms with Gasteiger partial charge in [-0.05, 0) is 19.9 Å². The van der Waals surface area contributed by atoms with Crippen molar-refractivity contribution in [2.24, 2.45) is 0 Å². The van der Waals surface area contributed by atoms with E-state index >= 15 is 0 Å². The van der Waals surface area contributed by atoms with Gasteiger partial charge in [-0.25, -0.2) is 0 Å². The lowest BCUT2D eigenvalue weighted by Crippen LogP contribution is -2.36. The number of H-pyrrole nitrogens is 1. The Morgan fingerprint density at radius 1 is 1.62 bits per heavy atom. The van der Waals surface area contributed by atoms with Gasteiger partial charge in [0.1, 0.15) is 0 Å². The Hall–Kier alpha value is -1.62. The Balaban J connectivity index is 2.55. The molecule has 88 valence electrons. The zero-order chi connectivity index (χ0) is 12.0. The molecule has 5 heteroatoms. The lowest BCUT2D eigenvalue weighted by atomic mass is 10.2. The normalized spacial score (nSPS) is 12.1. The molecule has 0 bridgehead atoms. The van der Waals surface area contributed by atoms with E-state index in [1.165, 1.54) is 12.3 Å². The van der Waals surface area contributed by atoms with Gasteiger partial charge in [0, 0.05) is 30.5 Å². The molecule has 1 amide bonds. The third kappa shape index (κ3) is 3.86. The number of aromatic nitrogens is 1. The average Bonchev–Trinajstić information content (AvgIpc) is 2.26. The third-order valence-corrected chi connectivity index (χ3v) is 1.99. The number of hydrogen-bond donors (Lipinski definition) is 2. The molecule has 0 aliphatic heterocycles. The summed E-state index contributed by atoms with van der Waals surface area (Å²) in [7, 11) is 0. The van der Waals surface area contributed by atoms with Gasteiger partial charge in [0.15, 0.2) is 0 Å². The lowest BCUT2D eigenvalue weighted by Gasteiger charge is -2.13. The van der Waals surface area contributed by atoms with E-state index in [1.807, 2.05) is 13.8 Å². The summed E-state index contributed by atoms with van der Waals surface area (Å²) in [5, 5.41) is 2.74. The van der Waals surface area contributed by atoms with Gasteiger partial charge < -0.3 is 15.0 Å². The molecule has 0 fully saturated rings. The van der Waals surface area contributed by atoms with Gasteiger partial charge in [0.05, 0.1) is 6.61 Å². The Kier molecular flexibility index (Phi) is 4.72. The van der Waals surface area contributed by atoms with Crippen molar-refractivity contribution in [2.75, 3.05) is 13.2 Å². The van der Waals surface area contributed by atoms with Gasteiger partial charge in [-0.3, -0.25) is 9.59 Å². The van der Waals surface area contributed by atoms with Crippen molar-refractivity contribution in [2.45, 2.75) is 19.9 Å². The number of carbonyl (C=O) groups is 1. The first kappa shape index (κ1) is 12.4. The summed E-state index contributed by atoms with van der Waals surface area (Å²) in [6, 6.07) is 2.75. The van der Waals surface area contributed by atoms with Crippen LogP contribution < -0.4 is 10.9 Å². The van der Waals surface area contributed by atoms with E-state index < -0.39 is 0 Å². The van der Waals surface area contributed by atoms with Gasteiger partial charge in [0.2, 0.25) is 5.56 Å². The SMILES string of the molecule is CCOCC(C)NC(=O)c1cc[nH]c(=O)c1. The molecule has 0 aromatic carbocycles. The fourth-order valence-corrected chi connectivity index (χ4v) is 1.23. The number of rotatable bonds is 5. The Morgan fingerprint density at radius 3 is 3.00 bits per heavy atom. The first-order chi connectivity index (χ1) is 7.63. The van der Waals surface area contributed by atoms with Crippen molar-refractivity contribution in [1.82, 2.24) is 10.3 Å². The highest BCUT2D eigenvalue weighted by Gasteiger charge is 2.09. The minimum atomic E-state index is -0.287. The first-order valence-corrected chi connectivity index (χ1v) is 5.21. The molecule has 2 N–H and O–H groups in total. The molecule has 1 atom stereocenters. The maximum atomic E-state index is 11.7. The van der Waals surface area contributed by atoms with Crippen LogP contribution in [-0.2, 0) is 4.74 Å². The average molecular weight is 224 g/mol. The third-order valence-electron chi connectivity index (χ3n) is 1.99. The lowest BCUT2D eigenvalue weighted by molar-refractivity contribution is 0.0872. The van der Waals surface area contributed by atoms with Gasteiger partial charge in [-0.15, -0.1) is 0 Å². The summed E-state index contributed by atoms with van der Waals surface area (Å²) < 4.78 is 5.17. The second-order valence-corrected chi connectivity index (χ2v) is 3.48. The predicted molar refractivity (Wildman–Crippen MR) is 60.5 cm³/mol. The summed E-state index contributed by atoms with van der Waals surface area (Å²) in [5.41, 5.74) is 0.0669. The van der Waals surface area contributed by atoms with Crippen molar-refractivity contribution in [3.8, 4) is 0 Å². The van der Waals surface area contributed by atoms with E-state index in [4.69, 9.17) is 4.74 Å². The standard InChI is InChI=1S/C11H16N2O3/c1-3-16-7-8(2)13-11(15)9-4-5-12-10(14)6-9/h4-6,8H,3,7H2,1-2H3,(H,12,14)(H,13,15). The van der Waals surface area contributed by atoms with Crippen LogP contribution in [0.5, 0.6) is 0 Å². The molecule has 16 heavy (non-hydrogen) atoms. The summed E-state index contributed by atoms with van der Waals surface area (Å²) in [4.78, 5) is 25.1. The van der Waals surface area contributed by atoms with Crippen LogP contribution in [-0.4, -0.2) is 30.1 Å². The molecular formula is C11H16N2O3. The van der Waals surface area contributed by atoms with Crippen LogP contribution >= 0.6 is 0 Å². The van der Waals surface area contributed by atoms with E-state index in [0.29, 0.717) is 18.8 Å². The molecule has 0 aliphatic rings. The smallest absolute Gasteiger partial charge is 0.251 e. The summed E-state index contributed by atoms with van der Waals surface area (Å²) in [6.07, 6.45) is 1.45. The van der Waals surface area contributed by atoms with Crippen LogP contribution in [0.4, 0.5) is 0 Å². The molecule has 0 saturated carbocycles. The van der Waals surface area contributed by atoms with Crippen LogP contribution in [0.15, 0.2) is 23.1 Å². The van der Waals surface area contributed by atoms with Crippen molar-refractivity contribution < 1.29 is 9.53 Å². The van der Waals surface area contributed by atoms with Crippen LogP contribution in [0.25, 0.3) is 0 Å². The molecule has 1 heterocycles. The molecule has 1 aromatic rings. The van der Waals surface area contributed by atoms with Gasteiger partial charge in [-0.1, -0.05) is 0 Å². The quantitative estimate of drug-likeness (QED) is 0.766. The number of nitrogens with one attached hydrogen (secondary N) is 2. The van der Waals surface area contributed by atoms with E-state index in [-0.39, 0.29) is 17.5 Å².